The maximum atomic E-state index is 10.5. The fourth-order valence-corrected chi connectivity index (χ4v) is 6.76. The Morgan fingerprint density at radius 2 is 0.974 bits per heavy atom. The van der Waals surface area contributed by atoms with Crippen molar-refractivity contribution < 1.29 is 14.9 Å². The van der Waals surface area contributed by atoms with Crippen LogP contribution in [0, 0.1) is 13.8 Å². The third kappa shape index (κ3) is 2.48. The number of phenols is 2. The van der Waals surface area contributed by atoms with Crippen LogP contribution < -0.4 is 4.74 Å². The summed E-state index contributed by atoms with van der Waals surface area (Å²) in [6, 6.07) is 33.6. The number of fused-ring (bicyclic) bond motifs is 13. The van der Waals surface area contributed by atoms with E-state index < -0.39 is 5.41 Å². The van der Waals surface area contributed by atoms with Crippen LogP contribution in [0.3, 0.4) is 0 Å². The molecule has 8 rings (SSSR count). The quantitative estimate of drug-likeness (QED) is 0.223. The van der Waals surface area contributed by atoms with Crippen LogP contribution >= 0.6 is 0 Å². The molecule has 0 bridgehead atoms. The first-order valence-electron chi connectivity index (χ1n) is 12.9. The van der Waals surface area contributed by atoms with E-state index in [9.17, 15) is 10.2 Å². The van der Waals surface area contributed by atoms with Crippen LogP contribution in [0.4, 0.5) is 0 Å². The molecule has 0 aromatic heterocycles. The maximum Gasteiger partial charge on any atom is 0.140 e. The first kappa shape index (κ1) is 21.3. The lowest BCUT2D eigenvalue weighted by Gasteiger charge is -2.40. The minimum atomic E-state index is -0.573. The number of benzene rings is 6. The average molecular weight is 493 g/mol. The summed E-state index contributed by atoms with van der Waals surface area (Å²) in [5.41, 5.74) is 8.14. The molecule has 1 aliphatic carbocycles. The molecule has 38 heavy (non-hydrogen) atoms. The van der Waals surface area contributed by atoms with Gasteiger partial charge in [0, 0.05) is 21.9 Å². The summed E-state index contributed by atoms with van der Waals surface area (Å²) in [6.45, 7) is 3.84. The molecule has 0 fully saturated rings. The van der Waals surface area contributed by atoms with Gasteiger partial charge in [-0.25, -0.2) is 0 Å². The van der Waals surface area contributed by atoms with Gasteiger partial charge in [0.05, 0.1) is 5.41 Å². The van der Waals surface area contributed by atoms with E-state index in [4.69, 9.17) is 4.74 Å². The smallest absolute Gasteiger partial charge is 0.140 e. The monoisotopic (exact) mass is 492 g/mol. The van der Waals surface area contributed by atoms with Gasteiger partial charge in [-0.3, -0.25) is 0 Å². The molecule has 182 valence electrons. The molecule has 0 amide bonds. The highest BCUT2D eigenvalue weighted by Gasteiger charge is 2.51. The van der Waals surface area contributed by atoms with Crippen molar-refractivity contribution in [1.29, 1.82) is 0 Å². The van der Waals surface area contributed by atoms with Gasteiger partial charge in [0.25, 0.3) is 0 Å². The fraction of sp³-hybridized carbons (Fsp3) is 0.0857. The SMILES string of the molecule is Cc1cc2c3c(ccc2cc1O)C1(c2ccccc2-c2ccccc21)c1ccc2cc(O)c(C)cc2c1O3. The van der Waals surface area contributed by atoms with E-state index >= 15 is 0 Å². The van der Waals surface area contributed by atoms with Crippen LogP contribution in [0.15, 0.2) is 97.1 Å². The van der Waals surface area contributed by atoms with Crippen molar-refractivity contribution in [1.82, 2.24) is 0 Å². The topological polar surface area (TPSA) is 49.7 Å². The number of ether oxygens (including phenoxy) is 1. The fourth-order valence-electron chi connectivity index (χ4n) is 6.76. The van der Waals surface area contributed by atoms with Crippen molar-refractivity contribution in [3.8, 4) is 34.1 Å². The molecule has 1 aliphatic heterocycles. The summed E-state index contributed by atoms with van der Waals surface area (Å²) in [4.78, 5) is 0. The molecule has 1 spiro atoms. The van der Waals surface area contributed by atoms with Crippen LogP contribution in [-0.2, 0) is 5.41 Å². The van der Waals surface area contributed by atoms with E-state index in [1.165, 1.54) is 22.3 Å². The van der Waals surface area contributed by atoms with Gasteiger partial charge in [-0.15, -0.1) is 0 Å². The van der Waals surface area contributed by atoms with Crippen molar-refractivity contribution in [3.63, 3.8) is 0 Å². The Morgan fingerprint density at radius 1 is 0.526 bits per heavy atom. The Labute approximate surface area is 220 Å². The number of rotatable bonds is 0. The van der Waals surface area contributed by atoms with Crippen molar-refractivity contribution in [2.45, 2.75) is 19.3 Å². The molecule has 2 N–H and O–H groups in total. The molecule has 0 unspecified atom stereocenters. The summed E-state index contributed by atoms with van der Waals surface area (Å²) in [5.74, 6) is 2.17. The van der Waals surface area contributed by atoms with Gasteiger partial charge in [0.2, 0.25) is 0 Å². The summed E-state index contributed by atoms with van der Waals surface area (Å²) >= 11 is 0. The van der Waals surface area contributed by atoms with Crippen molar-refractivity contribution in [2.75, 3.05) is 0 Å². The Kier molecular flexibility index (Phi) is 4.03. The molecule has 0 saturated heterocycles. The second-order valence-corrected chi connectivity index (χ2v) is 10.5. The Balaban J connectivity index is 1.61. The maximum absolute atomic E-state index is 10.5. The van der Waals surface area contributed by atoms with Gasteiger partial charge in [0.1, 0.15) is 23.0 Å². The molecule has 6 aromatic rings. The lowest BCUT2D eigenvalue weighted by Crippen LogP contribution is -2.32. The van der Waals surface area contributed by atoms with E-state index in [2.05, 4.69) is 72.8 Å². The van der Waals surface area contributed by atoms with Gasteiger partial charge < -0.3 is 14.9 Å². The second kappa shape index (κ2) is 7.17. The van der Waals surface area contributed by atoms with E-state index in [1.807, 2.05) is 38.1 Å². The number of phenolic OH excluding ortho intramolecular Hbond substituents is 2. The lowest BCUT2D eigenvalue weighted by molar-refractivity contribution is 0.446. The Bertz CT molecular complexity index is 1860. The Morgan fingerprint density at radius 3 is 1.45 bits per heavy atom. The molecule has 2 aliphatic rings. The Hall–Kier alpha value is -4.76. The second-order valence-electron chi connectivity index (χ2n) is 10.5. The highest BCUT2D eigenvalue weighted by molar-refractivity contribution is 6.00. The zero-order valence-electron chi connectivity index (χ0n) is 21.0. The van der Waals surface area contributed by atoms with Crippen LogP contribution in [-0.4, -0.2) is 10.2 Å². The largest absolute Gasteiger partial charge is 0.508 e. The molecule has 3 nitrogen and oxygen atoms in total. The van der Waals surface area contributed by atoms with Gasteiger partial charge in [-0.2, -0.15) is 0 Å². The van der Waals surface area contributed by atoms with Crippen molar-refractivity contribution >= 4 is 21.5 Å². The molecular formula is C35H24O3. The number of hydrogen-bond acceptors (Lipinski definition) is 3. The molecule has 0 atom stereocenters. The average Bonchev–Trinajstić information content (AvgIpc) is 3.21. The van der Waals surface area contributed by atoms with Crippen molar-refractivity contribution in [2.24, 2.45) is 0 Å². The number of aromatic hydroxyl groups is 2. The lowest BCUT2D eigenvalue weighted by atomic mass is 9.65. The third-order valence-corrected chi connectivity index (χ3v) is 8.54. The molecule has 6 aromatic carbocycles. The summed E-state index contributed by atoms with van der Waals surface area (Å²) in [7, 11) is 0. The predicted molar refractivity (Wildman–Crippen MR) is 152 cm³/mol. The van der Waals surface area contributed by atoms with Gasteiger partial charge >= 0.3 is 0 Å². The van der Waals surface area contributed by atoms with E-state index in [-0.39, 0.29) is 11.5 Å². The molecule has 3 heteroatoms. The zero-order chi connectivity index (χ0) is 25.8. The van der Waals surface area contributed by atoms with E-state index in [0.29, 0.717) is 0 Å². The van der Waals surface area contributed by atoms with Gasteiger partial charge in [0.15, 0.2) is 0 Å². The standard InChI is InChI=1S/C35H24O3/c1-19-15-25-21(17-31(19)36)11-13-29-33(25)38-34-26-16-20(2)32(37)18-22(26)12-14-30(34)35(29)27-9-5-3-7-23(27)24-8-4-6-10-28(24)35/h3-18,36-37H,1-2H3. The highest BCUT2D eigenvalue weighted by Crippen LogP contribution is 2.64. The van der Waals surface area contributed by atoms with E-state index in [1.54, 1.807) is 0 Å². The van der Waals surface area contributed by atoms with Gasteiger partial charge in [-0.1, -0.05) is 72.8 Å². The van der Waals surface area contributed by atoms with Gasteiger partial charge in [-0.05, 0) is 82.3 Å². The molecule has 0 saturated carbocycles. The van der Waals surface area contributed by atoms with Crippen LogP contribution in [0.1, 0.15) is 33.4 Å². The number of hydrogen-bond donors (Lipinski definition) is 2. The van der Waals surface area contributed by atoms with Crippen LogP contribution in [0.5, 0.6) is 23.0 Å². The van der Waals surface area contributed by atoms with Crippen LogP contribution in [0.25, 0.3) is 32.7 Å². The summed E-state index contributed by atoms with van der Waals surface area (Å²) < 4.78 is 6.95. The normalized spacial score (nSPS) is 14.2. The molecule has 0 radical (unpaired) electrons. The van der Waals surface area contributed by atoms with Crippen molar-refractivity contribution in [3.05, 3.63) is 130 Å². The first-order chi connectivity index (χ1) is 18.5. The van der Waals surface area contributed by atoms with E-state index in [0.717, 1.165) is 55.3 Å². The first-order valence-corrected chi connectivity index (χ1v) is 12.9. The molecule has 1 heterocycles. The minimum absolute atomic E-state index is 0.275. The molecular weight excluding hydrogens is 468 g/mol. The number of aryl methyl sites for hydroxylation is 2. The summed E-state index contributed by atoms with van der Waals surface area (Å²) in [6.07, 6.45) is 0. The predicted octanol–water partition coefficient (Wildman–Crippen LogP) is 8.49. The zero-order valence-corrected chi connectivity index (χ0v) is 21.0. The minimum Gasteiger partial charge on any atom is -0.508 e. The highest BCUT2D eigenvalue weighted by atomic mass is 16.5. The third-order valence-electron chi connectivity index (χ3n) is 8.54. The van der Waals surface area contributed by atoms with Crippen LogP contribution in [0.2, 0.25) is 0 Å². The summed E-state index contributed by atoms with van der Waals surface area (Å²) in [5, 5.41) is 24.8.